The quantitative estimate of drug-likeness (QED) is 0.438. The monoisotopic (exact) mass is 224 g/mol. The van der Waals surface area contributed by atoms with E-state index in [-0.39, 0.29) is 0 Å². The number of rotatable bonds is 0. The summed E-state index contributed by atoms with van der Waals surface area (Å²) in [4.78, 5) is 0. The van der Waals surface area contributed by atoms with Crippen LogP contribution in [0.5, 0.6) is 0 Å². The van der Waals surface area contributed by atoms with Gasteiger partial charge in [0.25, 0.3) is 0 Å². The van der Waals surface area contributed by atoms with Crippen LogP contribution in [0.1, 0.15) is 32.6 Å². The Balaban J connectivity index is 2.19. The molecule has 0 saturated heterocycles. The van der Waals surface area contributed by atoms with E-state index >= 15 is 0 Å². The van der Waals surface area contributed by atoms with Crippen LogP contribution in [0.4, 0.5) is 0 Å². The topological polar surface area (TPSA) is 0 Å². The molecule has 0 aromatic carbocycles. The number of hydrogen-bond acceptors (Lipinski definition) is 0. The number of halogens is 1. The van der Waals surface area contributed by atoms with Gasteiger partial charge in [0.2, 0.25) is 0 Å². The molecule has 0 N–H and O–H groups in total. The van der Waals surface area contributed by atoms with Crippen molar-refractivity contribution < 1.29 is 0 Å². The van der Waals surface area contributed by atoms with Crippen LogP contribution in [-0.2, 0) is 0 Å². The molecular formula is C7H13I. The second kappa shape index (κ2) is 3.04. The molecule has 1 aliphatic carbocycles. The minimum Gasteiger partial charge on any atom is -0.0826 e. The van der Waals surface area contributed by atoms with Crippen molar-refractivity contribution in [1.82, 2.24) is 0 Å². The van der Waals surface area contributed by atoms with Crippen molar-refractivity contribution in [2.24, 2.45) is 5.92 Å². The van der Waals surface area contributed by atoms with Gasteiger partial charge in [-0.3, -0.25) is 0 Å². The minimum absolute atomic E-state index is 0.990. The standard InChI is InChI=1S/C7H13I/c1-6-2-4-7(8)5-3-6/h6-7H,2-5H2,1H3. The Morgan fingerprint density at radius 1 is 1.12 bits per heavy atom. The molecule has 8 heavy (non-hydrogen) atoms. The van der Waals surface area contributed by atoms with Crippen LogP contribution >= 0.6 is 22.6 Å². The highest BCUT2D eigenvalue weighted by Crippen LogP contribution is 2.27. The average molecular weight is 224 g/mol. The third-order valence-corrected chi connectivity index (χ3v) is 3.19. The third-order valence-electron chi connectivity index (χ3n) is 1.95. The van der Waals surface area contributed by atoms with Gasteiger partial charge < -0.3 is 0 Å². The Morgan fingerprint density at radius 2 is 1.62 bits per heavy atom. The molecule has 1 aliphatic rings. The van der Waals surface area contributed by atoms with Crippen molar-refractivity contribution in [1.29, 1.82) is 0 Å². The molecule has 0 atom stereocenters. The summed E-state index contributed by atoms with van der Waals surface area (Å²) >= 11 is 2.57. The van der Waals surface area contributed by atoms with E-state index < -0.39 is 0 Å². The second-order valence-corrected chi connectivity index (χ2v) is 4.62. The highest BCUT2D eigenvalue weighted by atomic mass is 127. The Hall–Kier alpha value is 0.730. The summed E-state index contributed by atoms with van der Waals surface area (Å²) in [6.45, 7) is 2.36. The lowest BCUT2D eigenvalue weighted by Crippen LogP contribution is -2.10. The maximum absolute atomic E-state index is 2.57. The summed E-state index contributed by atoms with van der Waals surface area (Å²) in [5.41, 5.74) is 0. The van der Waals surface area contributed by atoms with Gasteiger partial charge in [0.15, 0.2) is 0 Å². The number of hydrogen-bond donors (Lipinski definition) is 0. The summed E-state index contributed by atoms with van der Waals surface area (Å²) in [5, 5.41) is 0. The zero-order chi connectivity index (χ0) is 5.98. The summed E-state index contributed by atoms with van der Waals surface area (Å²) < 4.78 is 0.990. The predicted octanol–water partition coefficient (Wildman–Crippen LogP) is 3.00. The van der Waals surface area contributed by atoms with Crippen molar-refractivity contribution in [2.75, 3.05) is 0 Å². The van der Waals surface area contributed by atoms with Gasteiger partial charge in [0, 0.05) is 3.92 Å². The van der Waals surface area contributed by atoms with Gasteiger partial charge in [-0.05, 0) is 31.6 Å². The van der Waals surface area contributed by atoms with Gasteiger partial charge in [-0.25, -0.2) is 0 Å². The normalized spacial score (nSPS) is 39.8. The maximum atomic E-state index is 2.57. The highest BCUT2D eigenvalue weighted by Gasteiger charge is 2.14. The smallest absolute Gasteiger partial charge is 0.0110 e. The van der Waals surface area contributed by atoms with Crippen molar-refractivity contribution >= 4 is 22.6 Å². The molecule has 0 aromatic rings. The minimum atomic E-state index is 0.990. The Morgan fingerprint density at radius 3 is 2.00 bits per heavy atom. The Labute approximate surface area is 65.2 Å². The molecular weight excluding hydrogens is 211 g/mol. The van der Waals surface area contributed by atoms with Gasteiger partial charge in [-0.2, -0.15) is 0 Å². The lowest BCUT2D eigenvalue weighted by atomic mass is 9.91. The molecule has 0 amide bonds. The fraction of sp³-hybridized carbons (Fsp3) is 1.00. The predicted molar refractivity (Wildman–Crippen MR) is 45.4 cm³/mol. The largest absolute Gasteiger partial charge is 0.0826 e. The van der Waals surface area contributed by atoms with Crippen LogP contribution in [-0.4, -0.2) is 3.92 Å². The molecule has 1 saturated carbocycles. The van der Waals surface area contributed by atoms with Crippen LogP contribution in [0.15, 0.2) is 0 Å². The van der Waals surface area contributed by atoms with E-state index in [0.717, 1.165) is 9.84 Å². The van der Waals surface area contributed by atoms with Gasteiger partial charge >= 0.3 is 0 Å². The van der Waals surface area contributed by atoms with E-state index in [2.05, 4.69) is 29.5 Å². The zero-order valence-electron chi connectivity index (χ0n) is 5.36. The first-order valence-electron chi connectivity index (χ1n) is 3.43. The summed E-state index contributed by atoms with van der Waals surface area (Å²) in [6.07, 6.45) is 5.85. The van der Waals surface area contributed by atoms with E-state index in [1.54, 1.807) is 0 Å². The molecule has 1 heteroatoms. The van der Waals surface area contributed by atoms with E-state index in [9.17, 15) is 0 Å². The van der Waals surface area contributed by atoms with E-state index in [1.165, 1.54) is 25.7 Å². The van der Waals surface area contributed by atoms with Crippen LogP contribution < -0.4 is 0 Å². The summed E-state index contributed by atoms with van der Waals surface area (Å²) in [6, 6.07) is 0. The summed E-state index contributed by atoms with van der Waals surface area (Å²) in [7, 11) is 0. The first kappa shape index (κ1) is 6.84. The van der Waals surface area contributed by atoms with Crippen LogP contribution in [0.2, 0.25) is 0 Å². The van der Waals surface area contributed by atoms with E-state index in [4.69, 9.17) is 0 Å². The third kappa shape index (κ3) is 1.92. The van der Waals surface area contributed by atoms with Gasteiger partial charge in [0.1, 0.15) is 0 Å². The first-order chi connectivity index (χ1) is 3.79. The second-order valence-electron chi connectivity index (χ2n) is 2.86. The average Bonchev–Trinajstić information content (AvgIpc) is 1.77. The van der Waals surface area contributed by atoms with Crippen LogP contribution in [0.25, 0.3) is 0 Å². The first-order valence-corrected chi connectivity index (χ1v) is 4.67. The fourth-order valence-corrected chi connectivity index (χ4v) is 1.94. The van der Waals surface area contributed by atoms with Crippen molar-refractivity contribution in [2.45, 2.75) is 36.5 Å². The Kier molecular flexibility index (Phi) is 2.60. The number of alkyl halides is 1. The molecule has 0 aromatic heterocycles. The van der Waals surface area contributed by atoms with Crippen molar-refractivity contribution in [3.8, 4) is 0 Å². The SMILES string of the molecule is CC1CCC(I)CC1. The Bertz CT molecular complexity index is 52.8. The van der Waals surface area contributed by atoms with Crippen molar-refractivity contribution in [3.05, 3.63) is 0 Å². The summed E-state index contributed by atoms with van der Waals surface area (Å²) in [5.74, 6) is 1.01. The van der Waals surface area contributed by atoms with Crippen molar-refractivity contribution in [3.63, 3.8) is 0 Å². The molecule has 0 unspecified atom stereocenters. The van der Waals surface area contributed by atoms with E-state index in [1.807, 2.05) is 0 Å². The zero-order valence-corrected chi connectivity index (χ0v) is 7.52. The maximum Gasteiger partial charge on any atom is 0.0110 e. The van der Waals surface area contributed by atoms with Gasteiger partial charge in [-0.1, -0.05) is 29.5 Å². The lowest BCUT2D eigenvalue weighted by molar-refractivity contribution is 0.400. The molecule has 0 bridgehead atoms. The molecule has 0 spiro atoms. The van der Waals surface area contributed by atoms with Gasteiger partial charge in [-0.15, -0.1) is 0 Å². The molecule has 0 aliphatic heterocycles. The van der Waals surface area contributed by atoms with Crippen LogP contribution in [0.3, 0.4) is 0 Å². The molecule has 0 heterocycles. The van der Waals surface area contributed by atoms with Gasteiger partial charge in [0.05, 0.1) is 0 Å². The fourth-order valence-electron chi connectivity index (χ4n) is 1.22. The van der Waals surface area contributed by atoms with E-state index in [0.29, 0.717) is 0 Å². The molecule has 1 fully saturated rings. The highest BCUT2D eigenvalue weighted by molar-refractivity contribution is 14.1. The lowest BCUT2D eigenvalue weighted by Gasteiger charge is -2.21. The molecule has 1 rings (SSSR count). The van der Waals surface area contributed by atoms with Crippen LogP contribution in [0, 0.1) is 5.92 Å². The molecule has 0 nitrogen and oxygen atoms in total. The molecule has 0 radical (unpaired) electrons. The molecule has 48 valence electrons.